The predicted molar refractivity (Wildman–Crippen MR) is 31.5 cm³/mol. The van der Waals surface area contributed by atoms with Crippen molar-refractivity contribution < 1.29 is 0 Å². The summed E-state index contributed by atoms with van der Waals surface area (Å²) in [4.78, 5) is 0. The van der Waals surface area contributed by atoms with Crippen molar-refractivity contribution in [1.29, 1.82) is 0 Å². The molecule has 0 saturated heterocycles. The number of allylic oxidation sites excluding steroid dienone is 3. The third kappa shape index (κ3) is 1.16. The van der Waals surface area contributed by atoms with E-state index in [0.29, 0.717) is 0 Å². The molecule has 0 spiro atoms. The molecule has 0 fully saturated rings. The molecule has 0 aromatic carbocycles. The van der Waals surface area contributed by atoms with Gasteiger partial charge in [0.2, 0.25) is 0 Å². The average molecular weight is 273 g/mol. The van der Waals surface area contributed by atoms with Crippen LogP contribution in [0.4, 0.5) is 0 Å². The van der Waals surface area contributed by atoms with Crippen LogP contribution >= 0.6 is 0 Å². The van der Waals surface area contributed by atoms with Crippen molar-refractivity contribution in [3.05, 3.63) is 21.9 Å². The molecule has 0 amide bonds. The van der Waals surface area contributed by atoms with Crippen LogP contribution in [0.2, 0.25) is 0 Å². The molecule has 6 heavy (non-hydrogen) atoms. The van der Waals surface area contributed by atoms with Crippen molar-refractivity contribution >= 4 is 27.3 Å². The zero-order valence-corrected chi connectivity index (χ0v) is 7.95. The molecule has 30 valence electrons. The van der Waals surface area contributed by atoms with Crippen LogP contribution in [0.25, 0.3) is 0 Å². The Hall–Kier alpha value is 0.272. The first-order valence-electron chi connectivity index (χ1n) is 2.00. The number of rotatable bonds is 0. The Labute approximate surface area is 49.2 Å². The van der Waals surface area contributed by atoms with Crippen molar-refractivity contribution in [2.75, 3.05) is 0 Å². The van der Waals surface area contributed by atoms with E-state index in [1.165, 1.54) is 0 Å². The van der Waals surface area contributed by atoms with Gasteiger partial charge in [-0.2, -0.15) is 0 Å². The van der Waals surface area contributed by atoms with Crippen LogP contribution in [-0.4, -0.2) is 27.3 Å². The van der Waals surface area contributed by atoms with Gasteiger partial charge in [-0.05, 0) is 0 Å². The van der Waals surface area contributed by atoms with Crippen molar-refractivity contribution in [1.82, 2.24) is 0 Å². The average Bonchev–Trinajstić information content (AvgIpc) is 1.72. The van der Waals surface area contributed by atoms with E-state index in [1.807, 2.05) is 0 Å². The SMILES string of the molecule is C1=C[CH]=[PbH][CH]=C1. The third-order valence-corrected chi connectivity index (χ3v) is 4.12. The summed E-state index contributed by atoms with van der Waals surface area (Å²) < 4.78 is 4.67. The van der Waals surface area contributed by atoms with Gasteiger partial charge in [0.15, 0.2) is 0 Å². The summed E-state index contributed by atoms with van der Waals surface area (Å²) in [7, 11) is 0. The molecule has 0 unspecified atom stereocenters. The van der Waals surface area contributed by atoms with E-state index in [9.17, 15) is 0 Å². The van der Waals surface area contributed by atoms with Gasteiger partial charge in [0.1, 0.15) is 0 Å². The maximum absolute atomic E-state index is 2.33. The van der Waals surface area contributed by atoms with Gasteiger partial charge >= 0.3 is 49.2 Å². The molecular weight excluding hydrogens is 267 g/mol. The van der Waals surface area contributed by atoms with Gasteiger partial charge in [-0.3, -0.25) is 0 Å². The summed E-state index contributed by atoms with van der Waals surface area (Å²) in [5.74, 6) is 0. The first-order chi connectivity index (χ1) is 3.00. The molecule has 0 atom stereocenters. The fourth-order valence-electron chi connectivity index (χ4n) is 0.385. The Morgan fingerprint density at radius 1 is 1.00 bits per heavy atom. The van der Waals surface area contributed by atoms with E-state index >= 15 is 0 Å². The molecule has 0 N–H and O–H groups in total. The Kier molecular flexibility index (Phi) is 1.81. The fourth-order valence-corrected chi connectivity index (χ4v) is 2.88. The Morgan fingerprint density at radius 3 is 2.17 bits per heavy atom. The summed E-state index contributed by atoms with van der Waals surface area (Å²) in [5.41, 5.74) is 0. The zero-order valence-electron chi connectivity index (χ0n) is 3.46. The maximum atomic E-state index is 2.33. The molecule has 0 aromatic rings. The van der Waals surface area contributed by atoms with Crippen LogP contribution in [0, 0.1) is 0 Å². The second-order valence-electron chi connectivity index (χ2n) is 1.15. The summed E-state index contributed by atoms with van der Waals surface area (Å²) >= 11 is -0.380. The van der Waals surface area contributed by atoms with Gasteiger partial charge in [-0.15, -0.1) is 0 Å². The minimum absolute atomic E-state index is 0.380. The molecule has 0 saturated carbocycles. The molecule has 0 radical (unpaired) electrons. The van der Waals surface area contributed by atoms with E-state index in [4.69, 9.17) is 0 Å². The molecule has 1 rings (SSSR count). The Balaban J connectivity index is 2.77. The van der Waals surface area contributed by atoms with E-state index in [2.05, 4.69) is 25.4 Å². The second kappa shape index (κ2) is 2.45. The van der Waals surface area contributed by atoms with Gasteiger partial charge in [0, 0.05) is 0 Å². The zero-order chi connectivity index (χ0) is 4.24. The van der Waals surface area contributed by atoms with Gasteiger partial charge < -0.3 is 0 Å². The van der Waals surface area contributed by atoms with Gasteiger partial charge in [0.05, 0.1) is 0 Å². The van der Waals surface area contributed by atoms with Crippen LogP contribution in [-0.2, 0) is 0 Å². The monoisotopic (exact) mass is 274 g/mol. The summed E-state index contributed by atoms with van der Waals surface area (Å²) in [6.07, 6.45) is 6.38. The van der Waals surface area contributed by atoms with Crippen LogP contribution < -0.4 is 0 Å². The van der Waals surface area contributed by atoms with E-state index in [0.717, 1.165) is 0 Å². The van der Waals surface area contributed by atoms with Crippen LogP contribution in [0.1, 0.15) is 0 Å². The minimum atomic E-state index is -0.380. The molecule has 0 aliphatic carbocycles. The van der Waals surface area contributed by atoms with E-state index in [1.54, 1.807) is 0 Å². The molecule has 0 aromatic heterocycles. The summed E-state index contributed by atoms with van der Waals surface area (Å²) in [6, 6.07) is 0. The Bertz CT molecular complexity index is 73.3. The molecule has 1 aliphatic heterocycles. The first-order valence-corrected chi connectivity index (χ1v) is 7.18. The van der Waals surface area contributed by atoms with Crippen molar-refractivity contribution in [3.63, 3.8) is 0 Å². The van der Waals surface area contributed by atoms with Crippen LogP contribution in [0.5, 0.6) is 0 Å². The first kappa shape index (κ1) is 4.43. The standard InChI is InChI=1S/C5H5.Pb.H/c1-3-5-4-2;;/h1-5H;;. The van der Waals surface area contributed by atoms with Crippen molar-refractivity contribution in [2.24, 2.45) is 0 Å². The molecule has 0 bridgehead atoms. The normalized spacial score (nSPS) is 16.0. The third-order valence-electron chi connectivity index (χ3n) is 0.667. The topological polar surface area (TPSA) is 0 Å². The molecular formula is C5H6Pb. The van der Waals surface area contributed by atoms with E-state index in [-0.39, 0.29) is 23.7 Å². The van der Waals surface area contributed by atoms with Crippen LogP contribution in [0.3, 0.4) is 0 Å². The summed E-state index contributed by atoms with van der Waals surface area (Å²) in [6.45, 7) is 0. The number of hydrogen-bond acceptors (Lipinski definition) is 0. The van der Waals surface area contributed by atoms with Crippen molar-refractivity contribution in [3.8, 4) is 0 Å². The number of hydrogen-bond donors (Lipinski definition) is 0. The predicted octanol–water partition coefficient (Wildman–Crippen LogP) is 0.309. The molecule has 1 heterocycles. The fraction of sp³-hybridized carbons (Fsp3) is 0. The van der Waals surface area contributed by atoms with Crippen LogP contribution in [0.15, 0.2) is 21.9 Å². The summed E-state index contributed by atoms with van der Waals surface area (Å²) in [5, 5.41) is 0. The van der Waals surface area contributed by atoms with E-state index < -0.39 is 0 Å². The Morgan fingerprint density at radius 2 is 2.00 bits per heavy atom. The molecule has 0 nitrogen and oxygen atoms in total. The molecule has 1 aliphatic rings. The molecule has 1 heteroatoms. The van der Waals surface area contributed by atoms with Gasteiger partial charge in [0.25, 0.3) is 0 Å². The second-order valence-corrected chi connectivity index (χ2v) is 5.64. The van der Waals surface area contributed by atoms with Crippen molar-refractivity contribution in [2.45, 2.75) is 0 Å². The quantitative estimate of drug-likeness (QED) is 0.557. The van der Waals surface area contributed by atoms with Gasteiger partial charge in [-0.1, -0.05) is 0 Å². The van der Waals surface area contributed by atoms with Gasteiger partial charge in [-0.25, -0.2) is 0 Å².